The third-order valence-electron chi connectivity index (χ3n) is 4.55. The van der Waals surface area contributed by atoms with Gasteiger partial charge in [-0.1, -0.05) is 39.3 Å². The number of nitrogens with one attached hydrogen (secondary N) is 1. The molecule has 0 spiro atoms. The lowest BCUT2D eigenvalue weighted by Gasteiger charge is -2.35. The molecule has 1 aromatic rings. The Morgan fingerprint density at radius 3 is 2.57 bits per heavy atom. The van der Waals surface area contributed by atoms with E-state index in [-0.39, 0.29) is 0 Å². The Balaban J connectivity index is 1.94. The first-order valence-electron chi connectivity index (χ1n) is 8.71. The first kappa shape index (κ1) is 16.4. The topological polar surface area (TPSA) is 21.3 Å². The maximum atomic E-state index is 6.29. The standard InChI is InChI=1S/C19H31NO/c1-4-6-7-16-9-11-17(12-10-16)21-19-14-15(3)8-13-18(19)20-5-2/h9-12,15,18-20H,4-8,13-14H2,1-3H3. The van der Waals surface area contributed by atoms with E-state index >= 15 is 0 Å². The lowest BCUT2D eigenvalue weighted by Crippen LogP contribution is -2.46. The van der Waals surface area contributed by atoms with Crippen molar-refractivity contribution in [1.29, 1.82) is 0 Å². The first-order valence-corrected chi connectivity index (χ1v) is 8.71. The third kappa shape index (κ3) is 5.03. The zero-order valence-corrected chi connectivity index (χ0v) is 13.9. The van der Waals surface area contributed by atoms with Crippen LogP contribution in [-0.4, -0.2) is 18.7 Å². The number of unbranched alkanes of at least 4 members (excludes halogenated alkanes) is 1. The molecule has 0 aromatic heterocycles. The van der Waals surface area contributed by atoms with Crippen LogP contribution < -0.4 is 10.1 Å². The van der Waals surface area contributed by atoms with E-state index in [1.807, 2.05) is 0 Å². The van der Waals surface area contributed by atoms with E-state index < -0.39 is 0 Å². The predicted octanol–water partition coefficient (Wildman–Crippen LogP) is 4.57. The lowest BCUT2D eigenvalue weighted by atomic mass is 9.85. The molecule has 2 rings (SSSR count). The van der Waals surface area contributed by atoms with Crippen LogP contribution in [0.25, 0.3) is 0 Å². The highest BCUT2D eigenvalue weighted by Gasteiger charge is 2.29. The van der Waals surface area contributed by atoms with Crippen LogP contribution in [0, 0.1) is 5.92 Å². The lowest BCUT2D eigenvalue weighted by molar-refractivity contribution is 0.0916. The van der Waals surface area contributed by atoms with Gasteiger partial charge in [0.1, 0.15) is 11.9 Å². The van der Waals surface area contributed by atoms with E-state index in [0.29, 0.717) is 12.1 Å². The first-order chi connectivity index (χ1) is 10.2. The van der Waals surface area contributed by atoms with Crippen molar-refractivity contribution in [3.05, 3.63) is 29.8 Å². The SMILES string of the molecule is CCCCc1ccc(OC2CC(C)CCC2NCC)cc1. The van der Waals surface area contributed by atoms with Crippen LogP contribution in [-0.2, 0) is 6.42 Å². The van der Waals surface area contributed by atoms with Crippen LogP contribution in [0.3, 0.4) is 0 Å². The van der Waals surface area contributed by atoms with Crippen molar-refractivity contribution in [2.45, 2.75) is 71.4 Å². The monoisotopic (exact) mass is 289 g/mol. The second-order valence-corrected chi connectivity index (χ2v) is 6.49. The molecule has 1 fully saturated rings. The van der Waals surface area contributed by atoms with Gasteiger partial charge in [-0.05, 0) is 62.3 Å². The Morgan fingerprint density at radius 2 is 1.90 bits per heavy atom. The molecule has 2 nitrogen and oxygen atoms in total. The number of hydrogen-bond donors (Lipinski definition) is 1. The van der Waals surface area contributed by atoms with E-state index in [1.54, 1.807) is 0 Å². The number of rotatable bonds is 7. The fraction of sp³-hybridized carbons (Fsp3) is 0.684. The Bertz CT molecular complexity index is 401. The molecule has 2 heteroatoms. The number of aryl methyl sites for hydroxylation is 1. The van der Waals surface area contributed by atoms with Crippen molar-refractivity contribution >= 4 is 0 Å². The highest BCUT2D eigenvalue weighted by molar-refractivity contribution is 5.27. The van der Waals surface area contributed by atoms with Crippen LogP contribution in [0.5, 0.6) is 5.75 Å². The maximum Gasteiger partial charge on any atom is 0.119 e. The minimum Gasteiger partial charge on any atom is -0.489 e. The summed E-state index contributed by atoms with van der Waals surface area (Å²) in [5, 5.41) is 3.59. The molecule has 3 unspecified atom stereocenters. The molecule has 1 aliphatic carbocycles. The summed E-state index contributed by atoms with van der Waals surface area (Å²) >= 11 is 0. The quantitative estimate of drug-likeness (QED) is 0.793. The molecule has 1 aliphatic rings. The molecule has 0 heterocycles. The molecule has 1 aromatic carbocycles. The maximum absolute atomic E-state index is 6.29. The zero-order valence-electron chi connectivity index (χ0n) is 13.9. The summed E-state index contributed by atoms with van der Waals surface area (Å²) < 4.78 is 6.29. The van der Waals surface area contributed by atoms with Crippen LogP contribution in [0.2, 0.25) is 0 Å². The van der Waals surface area contributed by atoms with Gasteiger partial charge in [-0.15, -0.1) is 0 Å². The summed E-state index contributed by atoms with van der Waals surface area (Å²) in [4.78, 5) is 0. The van der Waals surface area contributed by atoms with Gasteiger partial charge in [0.2, 0.25) is 0 Å². The Morgan fingerprint density at radius 1 is 1.14 bits per heavy atom. The van der Waals surface area contributed by atoms with Crippen molar-refractivity contribution < 1.29 is 4.74 Å². The third-order valence-corrected chi connectivity index (χ3v) is 4.55. The van der Waals surface area contributed by atoms with Gasteiger partial charge in [0.25, 0.3) is 0 Å². The fourth-order valence-corrected chi connectivity index (χ4v) is 3.24. The highest BCUT2D eigenvalue weighted by atomic mass is 16.5. The van der Waals surface area contributed by atoms with E-state index in [4.69, 9.17) is 4.74 Å². The van der Waals surface area contributed by atoms with Crippen LogP contribution in [0.1, 0.15) is 58.4 Å². The number of ether oxygens (including phenoxy) is 1. The summed E-state index contributed by atoms with van der Waals surface area (Å²) in [6.45, 7) is 7.78. The molecule has 0 radical (unpaired) electrons. The number of benzene rings is 1. The van der Waals surface area contributed by atoms with Gasteiger partial charge < -0.3 is 10.1 Å². The van der Waals surface area contributed by atoms with Gasteiger partial charge in [0.05, 0.1) is 0 Å². The molecule has 0 bridgehead atoms. The van der Waals surface area contributed by atoms with Crippen LogP contribution >= 0.6 is 0 Å². The summed E-state index contributed by atoms with van der Waals surface area (Å²) in [5.41, 5.74) is 1.42. The summed E-state index contributed by atoms with van der Waals surface area (Å²) in [5.74, 6) is 1.80. The number of likely N-dealkylation sites (N-methyl/N-ethyl adjacent to an activating group) is 1. The molecule has 118 valence electrons. The molecule has 1 saturated carbocycles. The van der Waals surface area contributed by atoms with Gasteiger partial charge in [-0.2, -0.15) is 0 Å². The molecule has 0 amide bonds. The second-order valence-electron chi connectivity index (χ2n) is 6.49. The molecule has 0 aliphatic heterocycles. The minimum absolute atomic E-state index is 0.315. The predicted molar refractivity (Wildman–Crippen MR) is 89.9 cm³/mol. The molecular weight excluding hydrogens is 258 g/mol. The average molecular weight is 289 g/mol. The van der Waals surface area contributed by atoms with Gasteiger partial charge in [0, 0.05) is 6.04 Å². The van der Waals surface area contributed by atoms with E-state index in [1.165, 1.54) is 37.7 Å². The van der Waals surface area contributed by atoms with Crippen molar-refractivity contribution in [2.24, 2.45) is 5.92 Å². The Hall–Kier alpha value is -1.02. The normalized spacial score (nSPS) is 25.8. The smallest absolute Gasteiger partial charge is 0.119 e. The van der Waals surface area contributed by atoms with Crippen LogP contribution in [0.15, 0.2) is 24.3 Å². The summed E-state index contributed by atoms with van der Waals surface area (Å²) in [6, 6.07) is 9.24. The largest absolute Gasteiger partial charge is 0.489 e. The molecular formula is C19H31NO. The molecule has 3 atom stereocenters. The minimum atomic E-state index is 0.315. The summed E-state index contributed by atoms with van der Waals surface area (Å²) in [6.07, 6.45) is 7.72. The zero-order chi connectivity index (χ0) is 15.1. The molecule has 1 N–H and O–H groups in total. The van der Waals surface area contributed by atoms with Crippen molar-refractivity contribution in [2.75, 3.05) is 6.54 Å². The summed E-state index contributed by atoms with van der Waals surface area (Å²) in [7, 11) is 0. The van der Waals surface area contributed by atoms with Gasteiger partial charge >= 0.3 is 0 Å². The second kappa shape index (κ2) is 8.43. The van der Waals surface area contributed by atoms with E-state index in [0.717, 1.165) is 24.6 Å². The van der Waals surface area contributed by atoms with Gasteiger partial charge in [0.15, 0.2) is 0 Å². The van der Waals surface area contributed by atoms with Crippen LogP contribution in [0.4, 0.5) is 0 Å². The van der Waals surface area contributed by atoms with E-state index in [2.05, 4.69) is 50.4 Å². The fourth-order valence-electron chi connectivity index (χ4n) is 3.24. The van der Waals surface area contributed by atoms with Crippen molar-refractivity contribution in [3.63, 3.8) is 0 Å². The number of hydrogen-bond acceptors (Lipinski definition) is 2. The van der Waals surface area contributed by atoms with Crippen molar-refractivity contribution in [3.8, 4) is 5.75 Å². The molecule has 21 heavy (non-hydrogen) atoms. The highest BCUT2D eigenvalue weighted by Crippen LogP contribution is 2.28. The molecule has 0 saturated heterocycles. The van der Waals surface area contributed by atoms with E-state index in [9.17, 15) is 0 Å². The Labute approximate surface area is 130 Å². The average Bonchev–Trinajstić information content (AvgIpc) is 2.49. The Kier molecular flexibility index (Phi) is 6.56. The van der Waals surface area contributed by atoms with Crippen molar-refractivity contribution in [1.82, 2.24) is 5.32 Å². The van der Waals surface area contributed by atoms with Gasteiger partial charge in [-0.25, -0.2) is 0 Å². The van der Waals surface area contributed by atoms with Gasteiger partial charge in [-0.3, -0.25) is 0 Å².